The van der Waals surface area contributed by atoms with Crippen molar-refractivity contribution in [3.63, 3.8) is 0 Å². The summed E-state index contributed by atoms with van der Waals surface area (Å²) in [5.41, 5.74) is 2.56. The van der Waals surface area contributed by atoms with Gasteiger partial charge in [0.1, 0.15) is 0 Å². The van der Waals surface area contributed by atoms with Crippen LogP contribution in [0, 0.1) is 0 Å². The Morgan fingerprint density at radius 3 is 1.89 bits per heavy atom. The van der Waals surface area contributed by atoms with Gasteiger partial charge in [-0.2, -0.15) is 0 Å². The van der Waals surface area contributed by atoms with Crippen molar-refractivity contribution in [1.29, 1.82) is 0 Å². The molecule has 0 radical (unpaired) electrons. The molecule has 0 nitrogen and oxygen atoms in total. The minimum Gasteiger partial charge on any atom is -0.0616 e. The van der Waals surface area contributed by atoms with Crippen molar-refractivity contribution in [2.24, 2.45) is 0 Å². The fourth-order valence-electron chi connectivity index (χ4n) is 4.40. The van der Waals surface area contributed by atoms with Crippen LogP contribution in [0.5, 0.6) is 0 Å². The number of benzene rings is 6. The monoisotopic (exact) mass is 354 g/mol. The van der Waals surface area contributed by atoms with Gasteiger partial charge in [-0.1, -0.05) is 91.0 Å². The van der Waals surface area contributed by atoms with E-state index >= 15 is 0 Å². The van der Waals surface area contributed by atoms with E-state index in [1.54, 1.807) is 0 Å². The highest BCUT2D eigenvalue weighted by molar-refractivity contribution is 6.12. The molecule has 0 aliphatic rings. The van der Waals surface area contributed by atoms with Gasteiger partial charge in [0.2, 0.25) is 0 Å². The lowest BCUT2D eigenvalue weighted by molar-refractivity contribution is 1.69. The Balaban J connectivity index is 1.62. The summed E-state index contributed by atoms with van der Waals surface area (Å²) >= 11 is 0. The Bertz CT molecular complexity index is 1500. The predicted molar refractivity (Wildman–Crippen MR) is 122 cm³/mol. The minimum absolute atomic E-state index is 1.27. The van der Waals surface area contributed by atoms with Crippen LogP contribution >= 0.6 is 0 Å². The van der Waals surface area contributed by atoms with Crippen molar-refractivity contribution >= 4 is 43.1 Å². The molecule has 0 aliphatic heterocycles. The molecule has 6 aromatic carbocycles. The zero-order chi connectivity index (χ0) is 18.5. The average Bonchev–Trinajstić information content (AvgIpc) is 2.77. The van der Waals surface area contributed by atoms with Gasteiger partial charge >= 0.3 is 0 Å². The highest BCUT2D eigenvalue weighted by atomic mass is 14.1. The van der Waals surface area contributed by atoms with Gasteiger partial charge in [0, 0.05) is 0 Å². The second-order valence-electron chi connectivity index (χ2n) is 7.45. The maximum Gasteiger partial charge on any atom is -0.00990 e. The molecule has 6 aromatic rings. The van der Waals surface area contributed by atoms with E-state index in [9.17, 15) is 0 Å². The fourth-order valence-corrected chi connectivity index (χ4v) is 4.40. The number of hydrogen-bond acceptors (Lipinski definition) is 0. The third-order valence-corrected chi connectivity index (χ3v) is 5.80. The normalized spacial score (nSPS) is 11.6. The first kappa shape index (κ1) is 15.4. The summed E-state index contributed by atoms with van der Waals surface area (Å²) in [4.78, 5) is 0. The van der Waals surface area contributed by atoms with Crippen LogP contribution in [0.3, 0.4) is 0 Å². The number of rotatable bonds is 1. The molecule has 130 valence electrons. The van der Waals surface area contributed by atoms with Crippen LogP contribution in [0.25, 0.3) is 54.2 Å². The van der Waals surface area contributed by atoms with E-state index in [1.807, 2.05) is 0 Å². The molecule has 0 heterocycles. The maximum absolute atomic E-state index is 2.33. The van der Waals surface area contributed by atoms with Crippen molar-refractivity contribution in [3.05, 3.63) is 109 Å². The summed E-state index contributed by atoms with van der Waals surface area (Å²) in [6, 6.07) is 39.7. The Hall–Kier alpha value is -3.64. The van der Waals surface area contributed by atoms with E-state index in [4.69, 9.17) is 0 Å². The van der Waals surface area contributed by atoms with Crippen LogP contribution in [0.1, 0.15) is 0 Å². The summed E-state index contributed by atoms with van der Waals surface area (Å²) < 4.78 is 0. The smallest absolute Gasteiger partial charge is 0.00990 e. The molecule has 0 N–H and O–H groups in total. The molecule has 0 saturated carbocycles. The first-order chi connectivity index (χ1) is 13.9. The van der Waals surface area contributed by atoms with Gasteiger partial charge in [0.05, 0.1) is 0 Å². The lowest BCUT2D eigenvalue weighted by Gasteiger charge is -2.10. The summed E-state index contributed by atoms with van der Waals surface area (Å²) in [6.07, 6.45) is 0. The van der Waals surface area contributed by atoms with Gasteiger partial charge in [-0.15, -0.1) is 0 Å². The molecule has 0 heteroatoms. The first-order valence-electron chi connectivity index (χ1n) is 9.70. The molecule has 0 atom stereocenters. The lowest BCUT2D eigenvalue weighted by Crippen LogP contribution is -1.83. The molecular formula is C28H18. The van der Waals surface area contributed by atoms with Crippen LogP contribution < -0.4 is 0 Å². The second kappa shape index (κ2) is 5.94. The molecule has 0 saturated heterocycles. The summed E-state index contributed by atoms with van der Waals surface area (Å²) in [5.74, 6) is 0. The van der Waals surface area contributed by atoms with Gasteiger partial charge in [0.25, 0.3) is 0 Å². The maximum atomic E-state index is 2.33. The molecule has 0 aliphatic carbocycles. The van der Waals surface area contributed by atoms with Crippen LogP contribution in [0.2, 0.25) is 0 Å². The molecule has 0 unspecified atom stereocenters. The zero-order valence-corrected chi connectivity index (χ0v) is 15.4. The minimum atomic E-state index is 1.27. The first-order valence-corrected chi connectivity index (χ1v) is 9.70. The van der Waals surface area contributed by atoms with Crippen LogP contribution in [-0.2, 0) is 0 Å². The van der Waals surface area contributed by atoms with E-state index in [1.165, 1.54) is 54.2 Å². The van der Waals surface area contributed by atoms with Gasteiger partial charge in [-0.25, -0.2) is 0 Å². The van der Waals surface area contributed by atoms with Gasteiger partial charge in [0.15, 0.2) is 0 Å². The molecule has 0 aromatic heterocycles. The van der Waals surface area contributed by atoms with E-state index in [2.05, 4.69) is 109 Å². The van der Waals surface area contributed by atoms with Crippen molar-refractivity contribution in [2.75, 3.05) is 0 Å². The molecular weight excluding hydrogens is 336 g/mol. The topological polar surface area (TPSA) is 0 Å². The molecule has 0 bridgehead atoms. The van der Waals surface area contributed by atoms with Crippen molar-refractivity contribution in [3.8, 4) is 11.1 Å². The molecule has 0 fully saturated rings. The van der Waals surface area contributed by atoms with Crippen molar-refractivity contribution < 1.29 is 0 Å². The highest BCUT2D eigenvalue weighted by Gasteiger charge is 2.07. The van der Waals surface area contributed by atoms with Gasteiger partial charge in [-0.05, 0) is 72.4 Å². The van der Waals surface area contributed by atoms with Crippen molar-refractivity contribution in [1.82, 2.24) is 0 Å². The Morgan fingerprint density at radius 2 is 1.00 bits per heavy atom. The summed E-state index contributed by atoms with van der Waals surface area (Å²) in [5, 5.41) is 10.4. The van der Waals surface area contributed by atoms with Gasteiger partial charge < -0.3 is 0 Å². The van der Waals surface area contributed by atoms with E-state index in [0.29, 0.717) is 0 Å². The molecule has 6 rings (SSSR count). The summed E-state index contributed by atoms with van der Waals surface area (Å²) in [6.45, 7) is 0. The van der Waals surface area contributed by atoms with E-state index in [0.717, 1.165) is 0 Å². The van der Waals surface area contributed by atoms with Crippen molar-refractivity contribution in [2.45, 2.75) is 0 Å². The predicted octanol–water partition coefficient (Wildman–Crippen LogP) is 7.97. The molecule has 0 spiro atoms. The number of fused-ring (bicyclic) bond motifs is 5. The second-order valence-corrected chi connectivity index (χ2v) is 7.45. The lowest BCUT2D eigenvalue weighted by atomic mass is 9.94. The average molecular weight is 354 g/mol. The fraction of sp³-hybridized carbons (Fsp3) is 0. The Kier molecular flexibility index (Phi) is 3.27. The third kappa shape index (κ3) is 2.32. The molecule has 0 amide bonds. The Labute approximate surface area is 163 Å². The largest absolute Gasteiger partial charge is 0.0616 e. The SMILES string of the molecule is c1ccc2c(-c3ccc4cc5c(ccc6ccccc65)cc4c3)cccc2c1. The Morgan fingerprint density at radius 1 is 0.321 bits per heavy atom. The number of hydrogen-bond donors (Lipinski definition) is 0. The van der Waals surface area contributed by atoms with Crippen LogP contribution in [0.15, 0.2) is 109 Å². The van der Waals surface area contributed by atoms with E-state index < -0.39 is 0 Å². The summed E-state index contributed by atoms with van der Waals surface area (Å²) in [7, 11) is 0. The standard InChI is InChI=1S/C28H18/c1-3-9-25-19(6-1)8-5-11-27(25)22-15-13-21-18-28-23(17-24(21)16-22)14-12-20-7-2-4-10-26(20)28/h1-18H. The molecule has 28 heavy (non-hydrogen) atoms. The highest BCUT2D eigenvalue weighted by Crippen LogP contribution is 2.34. The quantitative estimate of drug-likeness (QED) is 0.207. The zero-order valence-electron chi connectivity index (χ0n) is 15.4. The third-order valence-electron chi connectivity index (χ3n) is 5.80. The van der Waals surface area contributed by atoms with E-state index in [-0.39, 0.29) is 0 Å². The van der Waals surface area contributed by atoms with Gasteiger partial charge in [-0.3, -0.25) is 0 Å². The van der Waals surface area contributed by atoms with Crippen LogP contribution in [-0.4, -0.2) is 0 Å². The van der Waals surface area contributed by atoms with Crippen LogP contribution in [0.4, 0.5) is 0 Å².